The smallest absolute Gasteiger partial charge is 0.320 e. The van der Waals surface area contributed by atoms with E-state index in [9.17, 15) is 4.79 Å². The highest BCUT2D eigenvalue weighted by Crippen LogP contribution is 2.29. The zero-order valence-corrected chi connectivity index (χ0v) is 8.28. The van der Waals surface area contributed by atoms with Crippen molar-refractivity contribution in [2.24, 2.45) is 5.41 Å². The van der Waals surface area contributed by atoms with Crippen LogP contribution in [0.5, 0.6) is 0 Å². The quantitative estimate of drug-likeness (QED) is 0.660. The highest BCUT2D eigenvalue weighted by Gasteiger charge is 2.31. The molecular weight excluding hydrogens is 178 g/mol. The van der Waals surface area contributed by atoms with E-state index in [1.165, 1.54) is 0 Å². The summed E-state index contributed by atoms with van der Waals surface area (Å²) < 4.78 is 0. The molecule has 1 saturated heterocycles. The molecule has 0 aromatic heterocycles. The summed E-state index contributed by atoms with van der Waals surface area (Å²) >= 11 is 0. The standard InChI is InChI=1S/C8H15NO2.ClH/c1-8(2)3-4-9-6(5-8)7(10)11;/h6,9H,3-5H2,1-2H3,(H,10,11);1H. The second kappa shape index (κ2) is 4.10. The van der Waals surface area contributed by atoms with Crippen LogP contribution in [0, 0.1) is 5.41 Å². The minimum absolute atomic E-state index is 0. The highest BCUT2D eigenvalue weighted by atomic mass is 35.5. The Morgan fingerprint density at radius 2 is 2.17 bits per heavy atom. The van der Waals surface area contributed by atoms with Crippen molar-refractivity contribution >= 4 is 18.4 Å². The maximum absolute atomic E-state index is 10.6. The lowest BCUT2D eigenvalue weighted by Gasteiger charge is -2.33. The Morgan fingerprint density at radius 1 is 1.58 bits per heavy atom. The molecule has 1 fully saturated rings. The van der Waals surface area contributed by atoms with Crippen molar-refractivity contribution in [1.82, 2.24) is 5.32 Å². The van der Waals surface area contributed by atoms with Gasteiger partial charge in [0.15, 0.2) is 0 Å². The summed E-state index contributed by atoms with van der Waals surface area (Å²) in [4.78, 5) is 10.6. The van der Waals surface area contributed by atoms with Gasteiger partial charge in [-0.15, -0.1) is 12.4 Å². The third-order valence-corrected chi connectivity index (χ3v) is 2.25. The Labute approximate surface area is 78.9 Å². The molecule has 0 aliphatic carbocycles. The van der Waals surface area contributed by atoms with Crippen LogP contribution in [-0.4, -0.2) is 23.7 Å². The number of carboxylic acids is 1. The molecule has 1 heterocycles. The van der Waals surface area contributed by atoms with E-state index in [4.69, 9.17) is 5.11 Å². The summed E-state index contributed by atoms with van der Waals surface area (Å²) in [5.41, 5.74) is 0.189. The molecule has 0 amide bonds. The van der Waals surface area contributed by atoms with Gasteiger partial charge in [0.05, 0.1) is 0 Å². The largest absolute Gasteiger partial charge is 0.480 e. The fraction of sp³-hybridized carbons (Fsp3) is 0.875. The summed E-state index contributed by atoms with van der Waals surface area (Å²) in [5, 5.41) is 11.7. The Balaban J connectivity index is 0.00000121. The summed E-state index contributed by atoms with van der Waals surface area (Å²) in [6.07, 6.45) is 1.80. The van der Waals surface area contributed by atoms with E-state index in [1.807, 2.05) is 0 Å². The van der Waals surface area contributed by atoms with Gasteiger partial charge in [-0.05, 0) is 24.8 Å². The van der Waals surface area contributed by atoms with Gasteiger partial charge in [0.1, 0.15) is 6.04 Å². The Bertz CT molecular complexity index is 170. The lowest BCUT2D eigenvalue weighted by atomic mass is 9.80. The van der Waals surface area contributed by atoms with Crippen molar-refractivity contribution < 1.29 is 9.90 Å². The Morgan fingerprint density at radius 3 is 2.50 bits per heavy atom. The van der Waals surface area contributed by atoms with Crippen LogP contribution in [0.1, 0.15) is 26.7 Å². The number of halogens is 1. The van der Waals surface area contributed by atoms with Gasteiger partial charge in [-0.2, -0.15) is 0 Å². The molecule has 12 heavy (non-hydrogen) atoms. The van der Waals surface area contributed by atoms with Gasteiger partial charge < -0.3 is 10.4 Å². The second-order valence-corrected chi connectivity index (χ2v) is 3.96. The highest BCUT2D eigenvalue weighted by molar-refractivity contribution is 5.85. The molecule has 0 radical (unpaired) electrons. The molecule has 1 atom stereocenters. The van der Waals surface area contributed by atoms with Gasteiger partial charge in [-0.3, -0.25) is 4.79 Å². The van der Waals surface area contributed by atoms with E-state index < -0.39 is 5.97 Å². The predicted molar refractivity (Wildman–Crippen MR) is 49.7 cm³/mol. The molecule has 0 bridgehead atoms. The van der Waals surface area contributed by atoms with Crippen molar-refractivity contribution in [2.75, 3.05) is 6.54 Å². The van der Waals surface area contributed by atoms with E-state index in [0.717, 1.165) is 19.4 Å². The van der Waals surface area contributed by atoms with E-state index >= 15 is 0 Å². The van der Waals surface area contributed by atoms with Crippen LogP contribution in [0.3, 0.4) is 0 Å². The first-order chi connectivity index (χ1) is 5.01. The molecule has 0 spiro atoms. The van der Waals surface area contributed by atoms with Gasteiger partial charge in [0, 0.05) is 0 Å². The second-order valence-electron chi connectivity index (χ2n) is 3.96. The number of carboxylic acid groups (broad SMARTS) is 1. The number of rotatable bonds is 1. The Hall–Kier alpha value is -0.280. The van der Waals surface area contributed by atoms with Crippen LogP contribution in [0.2, 0.25) is 0 Å². The monoisotopic (exact) mass is 193 g/mol. The molecule has 0 aromatic carbocycles. The zero-order valence-electron chi connectivity index (χ0n) is 7.46. The molecule has 4 heteroatoms. The SMILES string of the molecule is CC1(C)CCNC(C(=O)O)C1.Cl. The van der Waals surface area contributed by atoms with Crippen molar-refractivity contribution in [2.45, 2.75) is 32.7 Å². The molecule has 1 unspecified atom stereocenters. The van der Waals surface area contributed by atoms with Crippen LogP contribution >= 0.6 is 12.4 Å². The predicted octanol–water partition coefficient (Wildman–Crippen LogP) is 1.27. The molecule has 3 nitrogen and oxygen atoms in total. The number of aliphatic carboxylic acids is 1. The molecule has 1 aliphatic heterocycles. The summed E-state index contributed by atoms with van der Waals surface area (Å²) in [6.45, 7) is 5.05. The fourth-order valence-corrected chi connectivity index (χ4v) is 1.49. The fourth-order valence-electron chi connectivity index (χ4n) is 1.49. The van der Waals surface area contributed by atoms with E-state index in [0.29, 0.717) is 0 Å². The molecule has 72 valence electrons. The third-order valence-electron chi connectivity index (χ3n) is 2.25. The van der Waals surface area contributed by atoms with E-state index in [2.05, 4.69) is 19.2 Å². The summed E-state index contributed by atoms with van der Waals surface area (Å²) in [7, 11) is 0. The average Bonchev–Trinajstić information content (AvgIpc) is 1.85. The average molecular weight is 194 g/mol. The number of piperidine rings is 1. The first kappa shape index (κ1) is 11.7. The molecule has 0 saturated carbocycles. The van der Waals surface area contributed by atoms with Crippen molar-refractivity contribution in [1.29, 1.82) is 0 Å². The number of hydrogen-bond acceptors (Lipinski definition) is 2. The van der Waals surface area contributed by atoms with Gasteiger partial charge in [0.2, 0.25) is 0 Å². The maximum Gasteiger partial charge on any atom is 0.320 e. The van der Waals surface area contributed by atoms with Crippen LogP contribution in [-0.2, 0) is 4.79 Å². The van der Waals surface area contributed by atoms with Crippen molar-refractivity contribution in [3.8, 4) is 0 Å². The van der Waals surface area contributed by atoms with E-state index in [1.54, 1.807) is 0 Å². The topological polar surface area (TPSA) is 49.3 Å². The van der Waals surface area contributed by atoms with Gasteiger partial charge in [-0.1, -0.05) is 13.8 Å². The van der Waals surface area contributed by atoms with Crippen LogP contribution in [0.4, 0.5) is 0 Å². The first-order valence-corrected chi connectivity index (χ1v) is 3.97. The lowest BCUT2D eigenvalue weighted by molar-refractivity contribution is -0.141. The van der Waals surface area contributed by atoms with Crippen LogP contribution in [0.25, 0.3) is 0 Å². The summed E-state index contributed by atoms with van der Waals surface area (Å²) in [6, 6.07) is -0.334. The number of nitrogens with one attached hydrogen (secondary N) is 1. The van der Waals surface area contributed by atoms with Crippen LogP contribution in [0.15, 0.2) is 0 Å². The van der Waals surface area contributed by atoms with Crippen molar-refractivity contribution in [3.63, 3.8) is 0 Å². The van der Waals surface area contributed by atoms with Gasteiger partial charge >= 0.3 is 5.97 Å². The van der Waals surface area contributed by atoms with Gasteiger partial charge in [0.25, 0.3) is 0 Å². The van der Waals surface area contributed by atoms with E-state index in [-0.39, 0.29) is 23.9 Å². The zero-order chi connectivity index (χ0) is 8.48. The van der Waals surface area contributed by atoms with Gasteiger partial charge in [-0.25, -0.2) is 0 Å². The number of hydrogen-bond donors (Lipinski definition) is 2. The minimum atomic E-state index is -0.724. The Kier molecular flexibility index (Phi) is 4.00. The van der Waals surface area contributed by atoms with Crippen LogP contribution < -0.4 is 5.32 Å². The molecule has 1 aliphatic rings. The normalized spacial score (nSPS) is 27.3. The molecule has 0 aromatic rings. The van der Waals surface area contributed by atoms with Crippen molar-refractivity contribution in [3.05, 3.63) is 0 Å². The number of carbonyl (C=O) groups is 1. The first-order valence-electron chi connectivity index (χ1n) is 3.97. The molecular formula is C8H16ClNO2. The summed E-state index contributed by atoms with van der Waals surface area (Å²) in [5.74, 6) is -0.724. The third kappa shape index (κ3) is 2.99. The molecule has 1 rings (SSSR count). The lowest BCUT2D eigenvalue weighted by Crippen LogP contribution is -2.46. The molecule has 2 N–H and O–H groups in total. The maximum atomic E-state index is 10.6. The minimum Gasteiger partial charge on any atom is -0.480 e.